The molecule has 0 atom stereocenters. The molecule has 4 nitrogen and oxygen atoms in total. The molecule has 0 aliphatic carbocycles. The number of nitrogens with two attached hydrogens (primary N) is 1. The zero-order valence-corrected chi connectivity index (χ0v) is 13.2. The van der Waals surface area contributed by atoms with Crippen molar-refractivity contribution in [2.45, 2.75) is 24.9 Å². The van der Waals surface area contributed by atoms with E-state index >= 15 is 0 Å². The van der Waals surface area contributed by atoms with Crippen LogP contribution in [0.1, 0.15) is 16.7 Å². The largest absolute Gasteiger partial charge is 0.326 e. The van der Waals surface area contributed by atoms with Gasteiger partial charge in [0.05, 0.1) is 4.90 Å². The van der Waals surface area contributed by atoms with Crippen LogP contribution in [0.2, 0.25) is 5.02 Å². The van der Waals surface area contributed by atoms with Crippen molar-refractivity contribution in [2.75, 3.05) is 0 Å². The van der Waals surface area contributed by atoms with Crippen molar-refractivity contribution in [3.8, 4) is 0 Å². The SMILES string of the molecule is Cc1ccc(CN)cc1S(=O)(=O)NCc1ccc(Cl)cc1. The van der Waals surface area contributed by atoms with Gasteiger partial charge in [-0.25, -0.2) is 13.1 Å². The summed E-state index contributed by atoms with van der Waals surface area (Å²) in [5.41, 5.74) is 7.88. The summed E-state index contributed by atoms with van der Waals surface area (Å²) in [5.74, 6) is 0. The normalized spacial score (nSPS) is 11.6. The van der Waals surface area contributed by atoms with Crippen molar-refractivity contribution in [2.24, 2.45) is 5.73 Å². The summed E-state index contributed by atoms with van der Waals surface area (Å²) in [6.07, 6.45) is 0. The Hall–Kier alpha value is -1.40. The predicted octanol–water partition coefficient (Wildman–Crippen LogP) is 2.59. The van der Waals surface area contributed by atoms with Crippen molar-refractivity contribution >= 4 is 21.6 Å². The molecule has 3 N–H and O–H groups in total. The van der Waals surface area contributed by atoms with E-state index in [1.54, 1.807) is 43.3 Å². The van der Waals surface area contributed by atoms with Gasteiger partial charge >= 0.3 is 0 Å². The van der Waals surface area contributed by atoms with Crippen molar-refractivity contribution in [1.82, 2.24) is 4.72 Å². The molecule has 0 bridgehead atoms. The molecular formula is C15H17ClN2O2S. The summed E-state index contributed by atoms with van der Waals surface area (Å²) in [7, 11) is -3.57. The summed E-state index contributed by atoms with van der Waals surface area (Å²) in [6, 6.07) is 12.2. The van der Waals surface area contributed by atoms with Gasteiger partial charge in [-0.1, -0.05) is 35.9 Å². The summed E-state index contributed by atoms with van der Waals surface area (Å²) in [6.45, 7) is 2.28. The van der Waals surface area contributed by atoms with E-state index in [0.29, 0.717) is 17.1 Å². The predicted molar refractivity (Wildman–Crippen MR) is 84.5 cm³/mol. The Morgan fingerprint density at radius 3 is 2.33 bits per heavy atom. The van der Waals surface area contributed by atoms with Crippen molar-refractivity contribution in [1.29, 1.82) is 0 Å². The third-order valence-electron chi connectivity index (χ3n) is 3.16. The molecule has 6 heteroatoms. The highest BCUT2D eigenvalue weighted by Gasteiger charge is 2.16. The van der Waals surface area contributed by atoms with Crippen molar-refractivity contribution < 1.29 is 8.42 Å². The minimum Gasteiger partial charge on any atom is -0.326 e. The minimum atomic E-state index is -3.57. The van der Waals surface area contributed by atoms with E-state index in [1.165, 1.54) is 0 Å². The lowest BCUT2D eigenvalue weighted by molar-refractivity contribution is 0.580. The highest BCUT2D eigenvalue weighted by molar-refractivity contribution is 7.89. The highest BCUT2D eigenvalue weighted by Crippen LogP contribution is 2.17. The summed E-state index contributed by atoms with van der Waals surface area (Å²) >= 11 is 5.80. The Bertz CT molecular complexity index is 728. The van der Waals surface area contributed by atoms with Crippen LogP contribution >= 0.6 is 11.6 Å². The third kappa shape index (κ3) is 4.04. The second kappa shape index (κ2) is 6.58. The van der Waals surface area contributed by atoms with Gasteiger partial charge in [-0.15, -0.1) is 0 Å². The van der Waals surface area contributed by atoms with Gasteiger partial charge in [0.15, 0.2) is 0 Å². The van der Waals surface area contributed by atoms with Gasteiger partial charge in [0.2, 0.25) is 10.0 Å². The fraction of sp³-hybridized carbons (Fsp3) is 0.200. The molecule has 0 heterocycles. The fourth-order valence-electron chi connectivity index (χ4n) is 1.92. The van der Waals surface area contributed by atoms with E-state index in [0.717, 1.165) is 11.1 Å². The molecule has 0 aromatic heterocycles. The van der Waals surface area contributed by atoms with Crippen LogP contribution in [-0.4, -0.2) is 8.42 Å². The van der Waals surface area contributed by atoms with Gasteiger partial charge in [0, 0.05) is 18.1 Å². The molecule has 0 unspecified atom stereocenters. The highest BCUT2D eigenvalue weighted by atomic mass is 35.5. The van der Waals surface area contributed by atoms with Crippen molar-refractivity contribution in [3.63, 3.8) is 0 Å². The molecule has 0 aliphatic rings. The lowest BCUT2D eigenvalue weighted by atomic mass is 10.1. The molecule has 112 valence electrons. The number of hydrogen-bond acceptors (Lipinski definition) is 3. The molecule has 0 aliphatic heterocycles. The van der Waals surface area contributed by atoms with Crippen molar-refractivity contribution in [3.05, 3.63) is 64.2 Å². The van der Waals surface area contributed by atoms with Gasteiger partial charge in [-0.2, -0.15) is 0 Å². The van der Waals surface area contributed by atoms with Gasteiger partial charge in [0.1, 0.15) is 0 Å². The third-order valence-corrected chi connectivity index (χ3v) is 4.95. The zero-order chi connectivity index (χ0) is 15.5. The molecule has 0 saturated heterocycles. The average Bonchev–Trinajstić information content (AvgIpc) is 2.47. The van der Waals surface area contributed by atoms with Crippen LogP contribution < -0.4 is 10.5 Å². The fourth-order valence-corrected chi connectivity index (χ4v) is 3.36. The van der Waals surface area contributed by atoms with Crippen LogP contribution in [0.3, 0.4) is 0 Å². The molecule has 2 aromatic carbocycles. The molecule has 0 fully saturated rings. The maximum atomic E-state index is 12.4. The van der Waals surface area contributed by atoms with Crippen LogP contribution in [-0.2, 0) is 23.1 Å². The molecule has 0 radical (unpaired) electrons. The lowest BCUT2D eigenvalue weighted by Crippen LogP contribution is -2.24. The monoisotopic (exact) mass is 324 g/mol. The Labute approximate surface area is 130 Å². The van der Waals surface area contributed by atoms with Gasteiger partial charge in [-0.05, 0) is 41.8 Å². The first-order valence-corrected chi connectivity index (χ1v) is 8.32. The van der Waals surface area contributed by atoms with E-state index in [2.05, 4.69) is 4.72 Å². The molecule has 21 heavy (non-hydrogen) atoms. The summed E-state index contributed by atoms with van der Waals surface area (Å²) in [4.78, 5) is 0.263. The average molecular weight is 325 g/mol. The number of sulfonamides is 1. The maximum absolute atomic E-state index is 12.4. The molecular weight excluding hydrogens is 308 g/mol. The maximum Gasteiger partial charge on any atom is 0.241 e. The van der Waals surface area contributed by atoms with Gasteiger partial charge < -0.3 is 5.73 Å². The molecule has 0 spiro atoms. The number of hydrogen-bond donors (Lipinski definition) is 2. The quantitative estimate of drug-likeness (QED) is 0.888. The Morgan fingerprint density at radius 2 is 1.71 bits per heavy atom. The van der Waals surface area contributed by atoms with E-state index in [-0.39, 0.29) is 11.4 Å². The molecule has 2 aromatic rings. The van der Waals surface area contributed by atoms with E-state index < -0.39 is 10.0 Å². The van der Waals surface area contributed by atoms with Crippen LogP contribution in [0.25, 0.3) is 0 Å². The minimum absolute atomic E-state index is 0.214. The molecule has 2 rings (SSSR count). The van der Waals surface area contributed by atoms with Crippen LogP contribution in [0.15, 0.2) is 47.4 Å². The Balaban J connectivity index is 2.20. The first-order chi connectivity index (χ1) is 9.92. The van der Waals surface area contributed by atoms with Crippen LogP contribution in [0.5, 0.6) is 0 Å². The van der Waals surface area contributed by atoms with Crippen LogP contribution in [0, 0.1) is 6.92 Å². The Kier molecular flexibility index (Phi) is 5.00. The lowest BCUT2D eigenvalue weighted by Gasteiger charge is -2.11. The first kappa shape index (κ1) is 16.0. The zero-order valence-electron chi connectivity index (χ0n) is 11.6. The van der Waals surface area contributed by atoms with E-state index in [4.69, 9.17) is 17.3 Å². The van der Waals surface area contributed by atoms with Crippen LogP contribution in [0.4, 0.5) is 0 Å². The number of rotatable bonds is 5. The molecule has 0 amide bonds. The first-order valence-electron chi connectivity index (χ1n) is 6.46. The Morgan fingerprint density at radius 1 is 1.10 bits per heavy atom. The van der Waals surface area contributed by atoms with Gasteiger partial charge in [0.25, 0.3) is 0 Å². The summed E-state index contributed by atoms with van der Waals surface area (Å²) in [5, 5.41) is 0.619. The number of nitrogens with one attached hydrogen (secondary N) is 1. The van der Waals surface area contributed by atoms with Gasteiger partial charge in [-0.3, -0.25) is 0 Å². The second-order valence-corrected chi connectivity index (χ2v) is 6.93. The van der Waals surface area contributed by atoms with E-state index in [9.17, 15) is 8.42 Å². The molecule has 0 saturated carbocycles. The smallest absolute Gasteiger partial charge is 0.241 e. The number of benzene rings is 2. The number of halogens is 1. The number of aryl methyl sites for hydroxylation is 1. The summed E-state index contributed by atoms with van der Waals surface area (Å²) < 4.78 is 27.4. The standard InChI is InChI=1S/C15H17ClN2O2S/c1-11-2-3-13(9-17)8-15(11)21(19,20)18-10-12-4-6-14(16)7-5-12/h2-8,18H,9-10,17H2,1H3. The van der Waals surface area contributed by atoms with E-state index in [1.807, 2.05) is 6.07 Å². The topological polar surface area (TPSA) is 72.2 Å². The second-order valence-electron chi connectivity index (χ2n) is 4.75.